The largest absolute Gasteiger partial charge is 0.458 e. The Kier molecular flexibility index (Phi) is 7.97. The smallest absolute Gasteiger partial charge is 0.303 e. The van der Waals surface area contributed by atoms with Gasteiger partial charge in [0.25, 0.3) is 0 Å². The normalized spacial score (nSPS) is 55.2. The van der Waals surface area contributed by atoms with Crippen LogP contribution < -0.4 is 0 Å². The van der Waals surface area contributed by atoms with E-state index in [1.54, 1.807) is 13.8 Å². The summed E-state index contributed by atoms with van der Waals surface area (Å²) in [5.74, 6) is -1.89. The molecule has 8 aliphatic rings. The minimum Gasteiger partial charge on any atom is -0.458 e. The third kappa shape index (κ3) is 4.54. The van der Waals surface area contributed by atoms with Gasteiger partial charge in [-0.15, -0.1) is 0 Å². The summed E-state index contributed by atoms with van der Waals surface area (Å²) in [7, 11) is 0. The fraction of sp³-hybridized carbons (Fsp3) is 0.949. The lowest BCUT2D eigenvalue weighted by molar-refractivity contribution is -0.317. The zero-order chi connectivity index (χ0) is 36.9. The van der Waals surface area contributed by atoms with Gasteiger partial charge in [-0.3, -0.25) is 9.59 Å². The third-order valence-corrected chi connectivity index (χ3v) is 16.6. The number of carbonyl (C=O) groups is 2. The molecule has 5 saturated carbocycles. The van der Waals surface area contributed by atoms with Gasteiger partial charge in [0.2, 0.25) is 0 Å². The second-order valence-electron chi connectivity index (χ2n) is 19.4. The molecule has 3 saturated heterocycles. The van der Waals surface area contributed by atoms with Crippen LogP contribution in [0.15, 0.2) is 0 Å². The van der Waals surface area contributed by atoms with E-state index < -0.39 is 76.6 Å². The highest BCUT2D eigenvalue weighted by molar-refractivity contribution is 5.68. The Morgan fingerprint density at radius 1 is 0.804 bits per heavy atom. The fourth-order valence-electron chi connectivity index (χ4n) is 14.5. The molecule has 0 aromatic heterocycles. The second kappa shape index (κ2) is 11.1. The third-order valence-electron chi connectivity index (χ3n) is 16.6. The Morgan fingerprint density at radius 3 is 2.12 bits per heavy atom. The molecule has 2 bridgehead atoms. The van der Waals surface area contributed by atoms with Crippen LogP contribution in [0.3, 0.4) is 0 Å². The molecule has 12 nitrogen and oxygen atoms in total. The van der Waals surface area contributed by atoms with Crippen molar-refractivity contribution in [3.05, 3.63) is 0 Å². The lowest BCUT2D eigenvalue weighted by Gasteiger charge is -2.64. The van der Waals surface area contributed by atoms with Crippen molar-refractivity contribution in [3.63, 3.8) is 0 Å². The lowest BCUT2D eigenvalue weighted by atomic mass is 9.41. The van der Waals surface area contributed by atoms with Gasteiger partial charge < -0.3 is 48.8 Å². The fourth-order valence-corrected chi connectivity index (χ4v) is 14.5. The Labute approximate surface area is 301 Å². The monoisotopic (exact) mass is 720 g/mol. The molecule has 5 aliphatic carbocycles. The molecule has 3 aliphatic heterocycles. The first-order chi connectivity index (χ1) is 23.6. The van der Waals surface area contributed by atoms with Crippen LogP contribution in [0, 0.1) is 44.8 Å². The zero-order valence-corrected chi connectivity index (χ0v) is 31.6. The van der Waals surface area contributed by atoms with E-state index in [-0.39, 0.29) is 40.8 Å². The van der Waals surface area contributed by atoms with Crippen LogP contribution in [-0.4, -0.2) is 105 Å². The van der Waals surface area contributed by atoms with E-state index in [1.807, 2.05) is 0 Å². The minimum atomic E-state index is -1.34. The van der Waals surface area contributed by atoms with Crippen LogP contribution in [0.1, 0.15) is 113 Å². The van der Waals surface area contributed by atoms with Crippen molar-refractivity contribution in [1.29, 1.82) is 0 Å². The Hall–Kier alpha value is -1.38. The molecule has 288 valence electrons. The number of rotatable bonds is 5. The molecule has 0 aromatic carbocycles. The van der Waals surface area contributed by atoms with Crippen LogP contribution in [0.4, 0.5) is 0 Å². The number of esters is 2. The number of aliphatic hydroxyl groups excluding tert-OH is 3. The molecule has 16 atom stereocenters. The number of aliphatic hydroxyl groups is 4. The quantitative estimate of drug-likeness (QED) is 0.242. The predicted molar refractivity (Wildman–Crippen MR) is 179 cm³/mol. The number of hydrogen-bond donors (Lipinski definition) is 4. The first-order valence-corrected chi connectivity index (χ1v) is 19.4. The molecule has 0 radical (unpaired) electrons. The van der Waals surface area contributed by atoms with Crippen molar-refractivity contribution in [2.45, 2.75) is 173 Å². The molecule has 8 rings (SSSR count). The van der Waals surface area contributed by atoms with Crippen LogP contribution in [-0.2, 0) is 38.0 Å². The Bertz CT molecular complexity index is 1460. The number of fused-ring (bicyclic) bond motifs is 4. The summed E-state index contributed by atoms with van der Waals surface area (Å²) in [4.78, 5) is 26.0. The highest BCUT2D eigenvalue weighted by atomic mass is 16.7. The van der Waals surface area contributed by atoms with Crippen molar-refractivity contribution in [1.82, 2.24) is 0 Å². The molecule has 4 N–H and O–H groups in total. The standard InChI is InChI=1S/C39H60O12/c1-20(40)48-28-29-34(7)13-16-39(51-34,33(5,6)45)47-19-38(29)15-14-37-18-36(37)12-11-25(50-31-27(44)26(43)22(42)17-46-31)32(3,4)23(36)9-10-24(37)35(38,8)30(28)49-21(2)41/h22-31,42-45H,9-19H2,1-8H3/t22-,23+,24+,25+,26+,27-,28-,29-,30-,31+,34?,35-,36-,37+,38+,39+/m1/s1. The second-order valence-corrected chi connectivity index (χ2v) is 19.4. The van der Waals surface area contributed by atoms with E-state index in [1.165, 1.54) is 13.8 Å². The van der Waals surface area contributed by atoms with Crippen LogP contribution in [0.2, 0.25) is 0 Å². The van der Waals surface area contributed by atoms with Gasteiger partial charge in [0.1, 0.15) is 36.1 Å². The number of carbonyl (C=O) groups excluding carboxylic acids is 2. The van der Waals surface area contributed by atoms with Crippen molar-refractivity contribution in [2.75, 3.05) is 13.2 Å². The van der Waals surface area contributed by atoms with Crippen molar-refractivity contribution in [3.8, 4) is 0 Å². The van der Waals surface area contributed by atoms with Crippen molar-refractivity contribution < 1.29 is 58.4 Å². The average Bonchev–Trinajstić information content (AvgIpc) is 3.52. The Morgan fingerprint density at radius 2 is 1.45 bits per heavy atom. The van der Waals surface area contributed by atoms with Gasteiger partial charge in [-0.05, 0) is 100 Å². The van der Waals surface area contributed by atoms with Crippen molar-refractivity contribution >= 4 is 11.9 Å². The first kappa shape index (κ1) is 36.6. The number of hydrogen-bond acceptors (Lipinski definition) is 12. The highest BCUT2D eigenvalue weighted by Gasteiger charge is 2.88. The van der Waals surface area contributed by atoms with E-state index in [0.717, 1.165) is 44.9 Å². The summed E-state index contributed by atoms with van der Waals surface area (Å²) in [5, 5.41) is 42.5. The Balaban J connectivity index is 1.17. The molecule has 12 heteroatoms. The minimum absolute atomic E-state index is 0.0195. The molecular formula is C39H60O12. The van der Waals surface area contributed by atoms with Crippen LogP contribution in [0.5, 0.6) is 0 Å². The van der Waals surface area contributed by atoms with Crippen LogP contribution in [0.25, 0.3) is 0 Å². The van der Waals surface area contributed by atoms with E-state index in [2.05, 4.69) is 27.7 Å². The summed E-state index contributed by atoms with van der Waals surface area (Å²) in [6.45, 7) is 15.4. The molecule has 3 spiro atoms. The molecule has 0 aromatic rings. The van der Waals surface area contributed by atoms with E-state index in [0.29, 0.717) is 25.4 Å². The maximum atomic E-state index is 13.0. The van der Waals surface area contributed by atoms with Crippen molar-refractivity contribution in [2.24, 2.45) is 44.8 Å². The van der Waals surface area contributed by atoms with Gasteiger partial charge in [-0.2, -0.15) is 0 Å². The number of ether oxygens (including phenoxy) is 6. The SMILES string of the molecule is CC(=O)O[C@@H]1[C@@H]2C3(C)CC[C@](C(C)(C)O)(OC[C@@]24CC[C@@]25C[C@@]26CC[C@H](O[C@@H]2OC[C@@H](O)[C@H](O)[C@H]2O)C(C)(C)[C@@H]6CC[C@H]5[C@]4(C)[C@@H]1OC(C)=O)O3. The average molecular weight is 721 g/mol. The molecule has 8 fully saturated rings. The maximum absolute atomic E-state index is 13.0. The van der Waals surface area contributed by atoms with Gasteiger partial charge in [-0.1, -0.05) is 20.8 Å². The molecule has 51 heavy (non-hydrogen) atoms. The van der Waals surface area contributed by atoms with Gasteiger partial charge in [0, 0.05) is 37.0 Å². The van der Waals surface area contributed by atoms with E-state index in [9.17, 15) is 30.0 Å². The molecule has 1 unspecified atom stereocenters. The van der Waals surface area contributed by atoms with Gasteiger partial charge in [-0.25, -0.2) is 0 Å². The summed E-state index contributed by atoms with van der Waals surface area (Å²) in [6, 6.07) is 0. The summed E-state index contributed by atoms with van der Waals surface area (Å²) < 4.78 is 38.7. The van der Waals surface area contributed by atoms with E-state index >= 15 is 0 Å². The molecule has 0 amide bonds. The highest BCUT2D eigenvalue weighted by Crippen LogP contribution is 2.90. The van der Waals surface area contributed by atoms with Gasteiger partial charge >= 0.3 is 11.9 Å². The summed E-state index contributed by atoms with van der Waals surface area (Å²) >= 11 is 0. The topological polar surface area (TPSA) is 170 Å². The van der Waals surface area contributed by atoms with Crippen LogP contribution >= 0.6 is 0 Å². The predicted octanol–water partition coefficient (Wildman–Crippen LogP) is 3.38. The lowest BCUT2D eigenvalue weighted by Crippen LogP contribution is -2.63. The molecule has 3 heterocycles. The van der Waals surface area contributed by atoms with E-state index in [4.69, 9.17) is 28.4 Å². The maximum Gasteiger partial charge on any atom is 0.303 e. The molecular weight excluding hydrogens is 660 g/mol. The summed E-state index contributed by atoms with van der Waals surface area (Å²) in [6.07, 6.45) is 0.954. The summed E-state index contributed by atoms with van der Waals surface area (Å²) in [5.41, 5.74) is -3.51. The van der Waals surface area contributed by atoms with Gasteiger partial charge in [0.15, 0.2) is 12.1 Å². The van der Waals surface area contributed by atoms with Gasteiger partial charge in [0.05, 0.1) is 24.9 Å². The zero-order valence-electron chi connectivity index (χ0n) is 31.6. The first-order valence-electron chi connectivity index (χ1n) is 19.4.